The van der Waals surface area contributed by atoms with Gasteiger partial charge in [-0.2, -0.15) is 0 Å². The summed E-state index contributed by atoms with van der Waals surface area (Å²) in [4.78, 5) is 0. The molecule has 0 unspecified atom stereocenters. The summed E-state index contributed by atoms with van der Waals surface area (Å²) < 4.78 is 15.9. The van der Waals surface area contributed by atoms with Crippen LogP contribution >= 0.6 is 0 Å². The van der Waals surface area contributed by atoms with Gasteiger partial charge >= 0.3 is 0 Å². The van der Waals surface area contributed by atoms with Gasteiger partial charge < -0.3 is 19.9 Å². The highest BCUT2D eigenvalue weighted by Crippen LogP contribution is 2.30. The minimum Gasteiger partial charge on any atom is -0.395 e. The molecule has 20 heavy (non-hydrogen) atoms. The summed E-state index contributed by atoms with van der Waals surface area (Å²) in [5.74, 6) is 0. The van der Waals surface area contributed by atoms with Gasteiger partial charge in [-0.15, -0.1) is 0 Å². The molecule has 4 heteroatoms. The van der Waals surface area contributed by atoms with Crippen molar-refractivity contribution in [2.45, 2.75) is 19.8 Å². The molecular weight excluding hydrogens is 254 g/mol. The van der Waals surface area contributed by atoms with Gasteiger partial charge in [-0.05, 0) is 35.4 Å². The first-order chi connectivity index (χ1) is 10.8. The van der Waals surface area contributed by atoms with E-state index in [4.69, 9.17) is 2.86 Å². The minimum absolute atomic E-state index is 0.0635. The van der Waals surface area contributed by atoms with E-state index in [-0.39, 0.29) is 19.8 Å². The third-order valence-electron chi connectivity index (χ3n) is 3.65. The van der Waals surface area contributed by atoms with Crippen molar-refractivity contribution >= 4 is 21.8 Å². The lowest BCUT2D eigenvalue weighted by Gasteiger charge is -2.05. The van der Waals surface area contributed by atoms with Crippen LogP contribution in [0.4, 0.5) is 0 Å². The second-order valence-corrected chi connectivity index (χ2v) is 4.87. The number of fused-ring (bicyclic) bond motifs is 3. The molecular formula is C16H17NO3. The quantitative estimate of drug-likeness (QED) is 0.641. The zero-order valence-corrected chi connectivity index (χ0v) is 11.0. The van der Waals surface area contributed by atoms with Gasteiger partial charge in [0.1, 0.15) is 0 Å². The van der Waals surface area contributed by atoms with Crippen LogP contribution in [0.3, 0.4) is 0 Å². The first-order valence-electron chi connectivity index (χ1n) is 7.41. The molecule has 0 aliphatic heterocycles. The fourth-order valence-corrected chi connectivity index (χ4v) is 2.72. The highest BCUT2D eigenvalue weighted by atomic mass is 16.3. The van der Waals surface area contributed by atoms with E-state index in [0.29, 0.717) is 6.54 Å². The maximum absolute atomic E-state index is 9.32. The molecule has 2 aromatic carbocycles. The van der Waals surface area contributed by atoms with Crippen LogP contribution in [0.15, 0.2) is 36.4 Å². The first-order valence-corrected chi connectivity index (χ1v) is 6.59. The van der Waals surface area contributed by atoms with Gasteiger partial charge in [0.05, 0.1) is 19.8 Å². The van der Waals surface area contributed by atoms with E-state index >= 15 is 0 Å². The minimum atomic E-state index is 0.0635. The number of nitrogens with zero attached hydrogens (tertiary/aromatic N) is 1. The normalized spacial score (nSPS) is 12.8. The van der Waals surface area contributed by atoms with Gasteiger partial charge in [-0.1, -0.05) is 12.1 Å². The zero-order valence-electron chi connectivity index (χ0n) is 13.0. The van der Waals surface area contributed by atoms with Gasteiger partial charge in [0.15, 0.2) is 0 Å². The number of aromatic nitrogens is 1. The van der Waals surface area contributed by atoms with Crippen molar-refractivity contribution < 1.29 is 15.3 Å². The molecule has 0 aliphatic rings. The van der Waals surface area contributed by atoms with Gasteiger partial charge in [0, 0.05) is 28.4 Å². The van der Waals surface area contributed by atoms with Crippen molar-refractivity contribution in [3.05, 3.63) is 47.5 Å². The lowest BCUT2D eigenvalue weighted by molar-refractivity contribution is 0.279. The Morgan fingerprint density at radius 2 is 1.45 bits per heavy atom. The van der Waals surface area contributed by atoms with E-state index in [1.807, 2.05) is 36.4 Å². The average Bonchev–Trinajstić information content (AvgIpc) is 2.82. The number of hydrogen-bond acceptors (Lipinski definition) is 3. The van der Waals surface area contributed by atoms with Gasteiger partial charge in [-0.3, -0.25) is 0 Å². The first kappa shape index (κ1) is 10.9. The highest BCUT2D eigenvalue weighted by molar-refractivity contribution is 6.08. The molecule has 3 aromatic rings. The number of aliphatic hydroxyl groups excluding tert-OH is 3. The lowest BCUT2D eigenvalue weighted by atomic mass is 10.1. The van der Waals surface area contributed by atoms with E-state index < -0.39 is 0 Å². The van der Waals surface area contributed by atoms with E-state index in [1.54, 1.807) is 0 Å². The van der Waals surface area contributed by atoms with Crippen molar-refractivity contribution in [3.63, 3.8) is 0 Å². The third kappa shape index (κ3) is 1.98. The van der Waals surface area contributed by atoms with Crippen LogP contribution in [0.2, 0.25) is 0 Å². The van der Waals surface area contributed by atoms with Crippen molar-refractivity contribution in [1.29, 1.82) is 2.86 Å². The van der Waals surface area contributed by atoms with Gasteiger partial charge in [-0.25, -0.2) is 0 Å². The van der Waals surface area contributed by atoms with Crippen LogP contribution in [0.5, 0.6) is 0 Å². The van der Waals surface area contributed by atoms with Crippen LogP contribution in [0, 0.1) is 0 Å². The summed E-state index contributed by atoms with van der Waals surface area (Å²) in [6.45, 7) is 1.05. The maximum Gasteiger partial charge on any atom is 0.211 e. The van der Waals surface area contributed by atoms with E-state index in [1.165, 1.54) is 0 Å². The van der Waals surface area contributed by atoms with Crippen LogP contribution < -0.4 is 0 Å². The molecule has 0 atom stereocenters. The Bertz CT molecular complexity index is 738. The fourth-order valence-electron chi connectivity index (χ4n) is 2.72. The van der Waals surface area contributed by atoms with Crippen LogP contribution in [-0.4, -0.2) is 29.4 Å². The Morgan fingerprint density at radius 3 is 1.90 bits per heavy atom. The molecule has 3 N–H and O–H groups in total. The summed E-state index contributed by atoms with van der Waals surface area (Å²) >= 11 is 0. The van der Waals surface area contributed by atoms with Crippen LogP contribution in [0.25, 0.3) is 21.8 Å². The smallest absolute Gasteiger partial charge is 0.211 e. The highest BCUT2D eigenvalue weighted by Gasteiger charge is 2.11. The van der Waals surface area contributed by atoms with Crippen molar-refractivity contribution in [1.82, 2.24) is 4.57 Å². The summed E-state index contributed by atoms with van der Waals surface area (Å²) in [5, 5.41) is 20.3. The summed E-state index contributed by atoms with van der Waals surface area (Å²) in [6, 6.07) is 11.8. The van der Waals surface area contributed by atoms with Crippen molar-refractivity contribution in [2.24, 2.45) is 0 Å². The molecule has 4 nitrogen and oxygen atoms in total. The molecule has 0 bridgehead atoms. The lowest BCUT2D eigenvalue weighted by Crippen LogP contribution is -2.01. The van der Waals surface area contributed by atoms with E-state index in [0.717, 1.165) is 32.9 Å². The molecule has 104 valence electrons. The molecule has 0 saturated carbocycles. The van der Waals surface area contributed by atoms with Crippen molar-refractivity contribution in [3.8, 4) is 0 Å². The Morgan fingerprint density at radius 1 is 0.900 bits per heavy atom. The number of aliphatic hydroxyl groups is 3. The SMILES string of the molecule is [2H]OCc1ccc2c(c1)c1cc(CO[2H])ccc1n2CCO. The summed E-state index contributed by atoms with van der Waals surface area (Å²) in [6.07, 6.45) is 0. The topological polar surface area (TPSA) is 65.6 Å². The zero-order chi connectivity index (χ0) is 15.5. The van der Waals surface area contributed by atoms with E-state index in [2.05, 4.69) is 14.8 Å². The average molecular weight is 273 g/mol. The Balaban J connectivity index is 2.26. The monoisotopic (exact) mass is 273 g/mol. The number of rotatable bonds is 6. The molecule has 3 rings (SSSR count). The molecule has 1 heterocycles. The summed E-state index contributed by atoms with van der Waals surface area (Å²) in [5.41, 5.74) is 3.91. The van der Waals surface area contributed by atoms with Crippen LogP contribution in [-0.2, 0) is 19.8 Å². The van der Waals surface area contributed by atoms with Gasteiger partial charge in [0.25, 0.3) is 0 Å². The standard InChI is InChI=1S/C16H17NO3/c18-6-5-17-15-3-1-11(9-19)7-13(15)14-8-12(10-20)2-4-16(14)17/h1-4,7-8,18-20H,5-6,9-10H2/i19D,20D. The number of hydrogen-bond donors (Lipinski definition) is 3. The predicted octanol–water partition coefficient (Wildman–Crippen LogP) is 1.77. The fraction of sp³-hybridized carbons (Fsp3) is 0.250. The van der Waals surface area contributed by atoms with Crippen LogP contribution in [0.1, 0.15) is 11.1 Å². The Kier molecular flexibility index (Phi) is 2.85. The molecule has 0 saturated heterocycles. The van der Waals surface area contributed by atoms with Crippen molar-refractivity contribution in [2.75, 3.05) is 6.61 Å². The molecule has 0 fully saturated rings. The maximum atomic E-state index is 9.32. The predicted molar refractivity (Wildman–Crippen MR) is 78.4 cm³/mol. The second-order valence-electron chi connectivity index (χ2n) is 4.87. The Hall–Kier alpha value is -1.88. The number of benzene rings is 2. The molecule has 0 spiro atoms. The largest absolute Gasteiger partial charge is 0.395 e. The third-order valence-corrected chi connectivity index (χ3v) is 3.65. The molecule has 0 aliphatic carbocycles. The van der Waals surface area contributed by atoms with E-state index in [9.17, 15) is 5.11 Å². The second kappa shape index (κ2) is 5.25. The molecule has 0 radical (unpaired) electrons. The van der Waals surface area contributed by atoms with Gasteiger partial charge in [0.2, 0.25) is 2.86 Å². The molecule has 0 amide bonds. The summed E-state index contributed by atoms with van der Waals surface area (Å²) in [7, 11) is 0. The Labute approximate surface area is 119 Å². The molecule has 1 aromatic heterocycles.